The highest BCUT2D eigenvalue weighted by Crippen LogP contribution is 2.26. The topological polar surface area (TPSA) is 82.6 Å². The van der Waals surface area contributed by atoms with E-state index in [1.807, 2.05) is 18.7 Å². The monoisotopic (exact) mass is 410 g/mol. The average molecular weight is 411 g/mol. The Morgan fingerprint density at radius 2 is 2.21 bits per heavy atom. The largest absolute Gasteiger partial charge is 0.357 e. The van der Waals surface area contributed by atoms with E-state index in [0.29, 0.717) is 16.1 Å². The summed E-state index contributed by atoms with van der Waals surface area (Å²) >= 11 is 8.80. The summed E-state index contributed by atoms with van der Waals surface area (Å²) in [4.78, 5) is 4.57. The molecule has 6 nitrogen and oxygen atoms in total. The molecule has 1 aromatic heterocycles. The van der Waals surface area contributed by atoms with Crippen LogP contribution in [0.4, 0.5) is 0 Å². The zero-order valence-electron chi connectivity index (χ0n) is 13.5. The number of thiophene rings is 1. The minimum absolute atomic E-state index is 0.228. The van der Waals surface area contributed by atoms with Crippen LogP contribution in [0.15, 0.2) is 21.3 Å². The van der Waals surface area contributed by atoms with E-state index >= 15 is 0 Å². The predicted molar refractivity (Wildman–Crippen MR) is 104 cm³/mol. The lowest BCUT2D eigenvalue weighted by atomic mass is 10.2. The summed E-state index contributed by atoms with van der Waals surface area (Å²) < 4.78 is 27.4. The predicted octanol–water partition coefficient (Wildman–Crippen LogP) is 2.13. The molecule has 1 unspecified atom stereocenters. The molecular weight excluding hydrogens is 388 g/mol. The Balaban J connectivity index is 1.76. The van der Waals surface area contributed by atoms with Gasteiger partial charge >= 0.3 is 0 Å². The van der Waals surface area contributed by atoms with E-state index in [1.54, 1.807) is 6.07 Å². The first kappa shape index (κ1) is 19.8. The Hall–Kier alpha value is -0.480. The van der Waals surface area contributed by atoms with Gasteiger partial charge in [-0.2, -0.15) is 11.8 Å². The van der Waals surface area contributed by atoms with Crippen molar-refractivity contribution >= 4 is 50.7 Å². The second-order valence-corrected chi connectivity index (χ2v) is 10.4. The van der Waals surface area contributed by atoms with E-state index in [9.17, 15) is 8.42 Å². The Morgan fingerprint density at radius 3 is 2.83 bits per heavy atom. The number of sulfonamides is 1. The van der Waals surface area contributed by atoms with Crippen LogP contribution in [0, 0.1) is 0 Å². The molecule has 0 spiro atoms. The zero-order chi connectivity index (χ0) is 17.4. The molecule has 1 aliphatic heterocycles. The molecule has 0 aromatic carbocycles. The summed E-state index contributed by atoms with van der Waals surface area (Å²) in [6, 6.07) is 3.09. The summed E-state index contributed by atoms with van der Waals surface area (Å²) in [6.45, 7) is 4.30. The maximum Gasteiger partial charge on any atom is 0.250 e. The van der Waals surface area contributed by atoms with E-state index in [-0.39, 0.29) is 10.8 Å². The van der Waals surface area contributed by atoms with Crippen molar-refractivity contribution in [3.63, 3.8) is 0 Å². The van der Waals surface area contributed by atoms with Gasteiger partial charge in [0.1, 0.15) is 4.21 Å². The highest BCUT2D eigenvalue weighted by Gasteiger charge is 2.16. The fraction of sp³-hybridized carbons (Fsp3) is 0.643. The molecule has 2 rings (SSSR count). The summed E-state index contributed by atoms with van der Waals surface area (Å²) in [5.74, 6) is 1.95. The third kappa shape index (κ3) is 6.44. The van der Waals surface area contributed by atoms with E-state index in [1.165, 1.54) is 24.7 Å². The van der Waals surface area contributed by atoms with Gasteiger partial charge in [-0.25, -0.2) is 13.1 Å². The van der Waals surface area contributed by atoms with Crippen molar-refractivity contribution in [2.45, 2.75) is 29.2 Å². The van der Waals surface area contributed by atoms with Gasteiger partial charge in [0.15, 0.2) is 5.96 Å². The van der Waals surface area contributed by atoms with Crippen molar-refractivity contribution in [1.29, 1.82) is 0 Å². The van der Waals surface area contributed by atoms with Crippen LogP contribution >= 0.6 is 34.7 Å². The van der Waals surface area contributed by atoms with Gasteiger partial charge in [-0.05, 0) is 37.7 Å². The SMILES string of the molecule is CCNC(=NCC1CCCS1)NCCNS(=O)(=O)c1ccc(Cl)s1. The van der Waals surface area contributed by atoms with E-state index < -0.39 is 10.0 Å². The van der Waals surface area contributed by atoms with Gasteiger partial charge in [0.2, 0.25) is 10.0 Å². The highest BCUT2D eigenvalue weighted by molar-refractivity contribution is 8.00. The fourth-order valence-electron chi connectivity index (χ4n) is 2.20. The molecule has 1 saturated heterocycles. The molecule has 2 heterocycles. The smallest absolute Gasteiger partial charge is 0.250 e. The van der Waals surface area contributed by atoms with E-state index in [2.05, 4.69) is 20.3 Å². The number of nitrogens with one attached hydrogen (secondary N) is 3. The van der Waals surface area contributed by atoms with Gasteiger partial charge in [-0.3, -0.25) is 4.99 Å². The lowest BCUT2D eigenvalue weighted by Crippen LogP contribution is -2.41. The molecular formula is C14H23ClN4O2S3. The minimum Gasteiger partial charge on any atom is -0.357 e. The Labute approximate surface area is 156 Å². The average Bonchev–Trinajstić information content (AvgIpc) is 3.20. The third-order valence-electron chi connectivity index (χ3n) is 3.34. The van der Waals surface area contributed by atoms with Gasteiger partial charge in [-0.15, -0.1) is 11.3 Å². The normalized spacial score (nSPS) is 18.8. The van der Waals surface area contributed by atoms with Crippen LogP contribution in [0.1, 0.15) is 19.8 Å². The second kappa shape index (κ2) is 9.86. The maximum atomic E-state index is 12.1. The van der Waals surface area contributed by atoms with Crippen molar-refractivity contribution in [1.82, 2.24) is 15.4 Å². The molecule has 3 N–H and O–H groups in total. The summed E-state index contributed by atoms with van der Waals surface area (Å²) in [6.07, 6.45) is 2.49. The first-order valence-electron chi connectivity index (χ1n) is 7.90. The molecule has 0 radical (unpaired) electrons. The standard InChI is InChI=1S/C14H23ClN4O2S3/c1-2-16-14(18-10-11-4-3-9-22-11)17-7-8-19-24(20,21)13-6-5-12(15)23-13/h5-6,11,19H,2-4,7-10H2,1H3,(H2,16,17,18). The van der Waals surface area contributed by atoms with Gasteiger partial charge in [-0.1, -0.05) is 11.6 Å². The maximum absolute atomic E-state index is 12.1. The lowest BCUT2D eigenvalue weighted by Gasteiger charge is -2.13. The molecule has 10 heteroatoms. The number of nitrogens with zero attached hydrogens (tertiary/aromatic N) is 1. The van der Waals surface area contributed by atoms with Crippen molar-refractivity contribution < 1.29 is 8.42 Å². The van der Waals surface area contributed by atoms with E-state index in [0.717, 1.165) is 30.4 Å². The van der Waals surface area contributed by atoms with Gasteiger partial charge < -0.3 is 10.6 Å². The number of guanidine groups is 1. The molecule has 24 heavy (non-hydrogen) atoms. The van der Waals surface area contributed by atoms with Crippen LogP contribution in [0.3, 0.4) is 0 Å². The molecule has 0 saturated carbocycles. The first-order valence-corrected chi connectivity index (χ1v) is 11.6. The van der Waals surface area contributed by atoms with Crippen LogP contribution in [0.25, 0.3) is 0 Å². The van der Waals surface area contributed by atoms with Crippen LogP contribution in [-0.4, -0.2) is 51.6 Å². The fourth-order valence-corrected chi connectivity index (χ4v) is 5.94. The molecule has 1 aromatic rings. The Kier molecular flexibility index (Phi) is 8.15. The van der Waals surface area contributed by atoms with Gasteiger partial charge in [0.25, 0.3) is 0 Å². The van der Waals surface area contributed by atoms with Crippen molar-refractivity contribution in [3.8, 4) is 0 Å². The number of aliphatic imine (C=N–C) groups is 1. The lowest BCUT2D eigenvalue weighted by molar-refractivity contribution is 0.582. The minimum atomic E-state index is -3.49. The number of hydrogen-bond acceptors (Lipinski definition) is 5. The van der Waals surface area contributed by atoms with Crippen LogP contribution in [-0.2, 0) is 10.0 Å². The van der Waals surface area contributed by atoms with E-state index in [4.69, 9.17) is 11.6 Å². The highest BCUT2D eigenvalue weighted by atomic mass is 35.5. The van der Waals surface area contributed by atoms with Crippen LogP contribution < -0.4 is 15.4 Å². The third-order valence-corrected chi connectivity index (χ3v) is 7.91. The Morgan fingerprint density at radius 1 is 1.38 bits per heavy atom. The van der Waals surface area contributed by atoms with Crippen molar-refractivity contribution in [2.24, 2.45) is 4.99 Å². The van der Waals surface area contributed by atoms with Crippen LogP contribution in [0.5, 0.6) is 0 Å². The quantitative estimate of drug-likeness (QED) is 0.347. The summed E-state index contributed by atoms with van der Waals surface area (Å²) in [5.41, 5.74) is 0. The molecule has 0 aliphatic carbocycles. The number of hydrogen-bond donors (Lipinski definition) is 3. The van der Waals surface area contributed by atoms with Crippen molar-refractivity contribution in [2.75, 3.05) is 31.9 Å². The van der Waals surface area contributed by atoms with Crippen molar-refractivity contribution in [3.05, 3.63) is 16.5 Å². The summed E-state index contributed by atoms with van der Waals surface area (Å²) in [5, 5.41) is 6.93. The Bertz CT molecular complexity index is 642. The number of rotatable bonds is 8. The molecule has 1 atom stereocenters. The summed E-state index contributed by atoms with van der Waals surface area (Å²) in [7, 11) is -3.49. The van der Waals surface area contributed by atoms with Gasteiger partial charge in [0.05, 0.1) is 10.9 Å². The second-order valence-electron chi connectivity index (χ2n) is 5.24. The van der Waals surface area contributed by atoms with Crippen LogP contribution in [0.2, 0.25) is 4.34 Å². The molecule has 1 fully saturated rings. The molecule has 136 valence electrons. The molecule has 0 bridgehead atoms. The number of halogens is 1. The van der Waals surface area contributed by atoms with Gasteiger partial charge in [0, 0.05) is 24.9 Å². The molecule has 1 aliphatic rings. The number of thioether (sulfide) groups is 1. The first-order chi connectivity index (χ1) is 11.5. The zero-order valence-corrected chi connectivity index (χ0v) is 16.8. The molecule has 0 amide bonds.